The third-order valence-electron chi connectivity index (χ3n) is 1.80. The standard InChI is InChI=1S/C10H6Cl2IN3/c11-7-3-6(13)1-2-8(7)15-10-5-14-4-9(12)16-10/h1-5H,(H,15,16). The molecule has 1 aromatic carbocycles. The van der Waals surface area contributed by atoms with Crippen molar-refractivity contribution >= 4 is 57.3 Å². The highest BCUT2D eigenvalue weighted by Gasteiger charge is 2.02. The monoisotopic (exact) mass is 365 g/mol. The Kier molecular flexibility index (Phi) is 3.83. The smallest absolute Gasteiger partial charge is 0.150 e. The minimum Gasteiger partial charge on any atom is -0.338 e. The first-order valence-corrected chi connectivity index (χ1v) is 6.18. The van der Waals surface area contributed by atoms with E-state index in [2.05, 4.69) is 37.9 Å². The lowest BCUT2D eigenvalue weighted by molar-refractivity contribution is 1.20. The summed E-state index contributed by atoms with van der Waals surface area (Å²) < 4.78 is 1.07. The fourth-order valence-corrected chi connectivity index (χ4v) is 2.18. The quantitative estimate of drug-likeness (QED) is 0.813. The number of rotatable bonds is 2. The predicted molar refractivity (Wildman–Crippen MR) is 74.5 cm³/mol. The molecule has 16 heavy (non-hydrogen) atoms. The summed E-state index contributed by atoms with van der Waals surface area (Å²) in [5, 5.41) is 4.02. The van der Waals surface area contributed by atoms with Crippen LogP contribution in [0.25, 0.3) is 0 Å². The number of halogens is 3. The van der Waals surface area contributed by atoms with Crippen molar-refractivity contribution in [3.8, 4) is 0 Å². The Balaban J connectivity index is 2.27. The van der Waals surface area contributed by atoms with Crippen LogP contribution in [0.15, 0.2) is 30.6 Å². The summed E-state index contributed by atoms with van der Waals surface area (Å²) in [6.07, 6.45) is 3.06. The van der Waals surface area contributed by atoms with Crippen LogP contribution in [-0.4, -0.2) is 9.97 Å². The summed E-state index contributed by atoms with van der Waals surface area (Å²) in [6, 6.07) is 5.70. The first-order chi connectivity index (χ1) is 7.65. The van der Waals surface area contributed by atoms with Crippen molar-refractivity contribution in [3.63, 3.8) is 0 Å². The minimum atomic E-state index is 0.339. The highest BCUT2D eigenvalue weighted by atomic mass is 127. The van der Waals surface area contributed by atoms with Gasteiger partial charge in [0.15, 0.2) is 5.82 Å². The number of hydrogen-bond acceptors (Lipinski definition) is 3. The zero-order chi connectivity index (χ0) is 11.5. The van der Waals surface area contributed by atoms with Gasteiger partial charge >= 0.3 is 0 Å². The van der Waals surface area contributed by atoms with Crippen LogP contribution in [0.2, 0.25) is 10.2 Å². The molecule has 0 aliphatic rings. The molecule has 6 heteroatoms. The van der Waals surface area contributed by atoms with E-state index in [-0.39, 0.29) is 0 Å². The Morgan fingerprint density at radius 2 is 2.00 bits per heavy atom. The Morgan fingerprint density at radius 3 is 2.69 bits per heavy atom. The molecule has 1 heterocycles. The molecule has 0 saturated heterocycles. The normalized spacial score (nSPS) is 10.2. The van der Waals surface area contributed by atoms with E-state index in [0.29, 0.717) is 16.0 Å². The van der Waals surface area contributed by atoms with Crippen LogP contribution in [0, 0.1) is 3.57 Å². The Bertz CT molecular complexity index is 519. The second kappa shape index (κ2) is 5.16. The lowest BCUT2D eigenvalue weighted by Gasteiger charge is -2.07. The van der Waals surface area contributed by atoms with Gasteiger partial charge in [-0.05, 0) is 40.8 Å². The third kappa shape index (κ3) is 2.96. The van der Waals surface area contributed by atoms with Gasteiger partial charge in [-0.2, -0.15) is 0 Å². The lowest BCUT2D eigenvalue weighted by atomic mass is 10.3. The first kappa shape index (κ1) is 11.9. The van der Waals surface area contributed by atoms with Crippen LogP contribution in [0.1, 0.15) is 0 Å². The first-order valence-electron chi connectivity index (χ1n) is 4.35. The number of nitrogens with zero attached hydrogens (tertiary/aromatic N) is 2. The number of nitrogens with one attached hydrogen (secondary N) is 1. The zero-order valence-corrected chi connectivity index (χ0v) is 11.6. The van der Waals surface area contributed by atoms with Crippen LogP contribution in [-0.2, 0) is 0 Å². The lowest BCUT2D eigenvalue weighted by Crippen LogP contribution is -1.95. The Morgan fingerprint density at radius 1 is 1.19 bits per heavy atom. The van der Waals surface area contributed by atoms with E-state index in [1.54, 1.807) is 6.20 Å². The SMILES string of the molecule is Clc1cncc(Nc2ccc(I)cc2Cl)n1. The molecule has 0 radical (unpaired) electrons. The summed E-state index contributed by atoms with van der Waals surface area (Å²) in [5.41, 5.74) is 0.777. The Hall–Kier alpha value is -0.590. The van der Waals surface area contributed by atoms with Gasteiger partial charge in [-0.3, -0.25) is 4.98 Å². The summed E-state index contributed by atoms with van der Waals surface area (Å²) in [5.74, 6) is 0.565. The largest absolute Gasteiger partial charge is 0.338 e. The fraction of sp³-hybridized carbons (Fsp3) is 0. The predicted octanol–water partition coefficient (Wildman–Crippen LogP) is 4.13. The molecule has 0 unspecified atom stereocenters. The molecule has 0 amide bonds. The molecule has 0 spiro atoms. The van der Waals surface area contributed by atoms with Crippen LogP contribution in [0.4, 0.5) is 11.5 Å². The highest BCUT2D eigenvalue weighted by Crippen LogP contribution is 2.26. The maximum atomic E-state index is 6.07. The van der Waals surface area contributed by atoms with Crippen molar-refractivity contribution in [1.82, 2.24) is 9.97 Å². The molecule has 0 aliphatic heterocycles. The van der Waals surface area contributed by atoms with Gasteiger partial charge in [-0.1, -0.05) is 23.2 Å². The van der Waals surface area contributed by atoms with E-state index in [4.69, 9.17) is 23.2 Å². The van der Waals surface area contributed by atoms with Crippen molar-refractivity contribution < 1.29 is 0 Å². The maximum Gasteiger partial charge on any atom is 0.150 e. The van der Waals surface area contributed by atoms with E-state index in [0.717, 1.165) is 9.26 Å². The van der Waals surface area contributed by atoms with Gasteiger partial charge in [0.2, 0.25) is 0 Å². The molecule has 3 nitrogen and oxygen atoms in total. The third-order valence-corrected chi connectivity index (χ3v) is 2.96. The van der Waals surface area contributed by atoms with Gasteiger partial charge in [0.1, 0.15) is 5.15 Å². The van der Waals surface area contributed by atoms with Gasteiger partial charge in [0.05, 0.1) is 23.1 Å². The molecule has 1 N–H and O–H groups in total. The summed E-state index contributed by atoms with van der Waals surface area (Å²) in [6.45, 7) is 0. The average molecular weight is 366 g/mol. The highest BCUT2D eigenvalue weighted by molar-refractivity contribution is 14.1. The molecule has 0 atom stereocenters. The van der Waals surface area contributed by atoms with E-state index in [1.807, 2.05) is 18.2 Å². The second-order valence-corrected chi connectivity index (χ2v) is 5.02. The maximum absolute atomic E-state index is 6.07. The van der Waals surface area contributed by atoms with Crippen molar-refractivity contribution in [2.75, 3.05) is 5.32 Å². The summed E-state index contributed by atoms with van der Waals surface area (Å²) >= 11 is 14.0. The van der Waals surface area contributed by atoms with E-state index < -0.39 is 0 Å². The van der Waals surface area contributed by atoms with E-state index >= 15 is 0 Å². The topological polar surface area (TPSA) is 37.8 Å². The van der Waals surface area contributed by atoms with Gasteiger partial charge in [0.25, 0.3) is 0 Å². The van der Waals surface area contributed by atoms with Gasteiger partial charge in [0, 0.05) is 3.57 Å². The number of hydrogen-bond donors (Lipinski definition) is 1. The fourth-order valence-electron chi connectivity index (χ4n) is 1.13. The second-order valence-electron chi connectivity index (χ2n) is 2.98. The van der Waals surface area contributed by atoms with Gasteiger partial charge < -0.3 is 5.32 Å². The molecular weight excluding hydrogens is 360 g/mol. The zero-order valence-electron chi connectivity index (χ0n) is 7.92. The van der Waals surface area contributed by atoms with Crippen molar-refractivity contribution in [2.24, 2.45) is 0 Å². The van der Waals surface area contributed by atoms with Crippen LogP contribution in [0.3, 0.4) is 0 Å². The van der Waals surface area contributed by atoms with E-state index in [9.17, 15) is 0 Å². The minimum absolute atomic E-state index is 0.339. The van der Waals surface area contributed by atoms with Crippen molar-refractivity contribution in [2.45, 2.75) is 0 Å². The molecule has 2 rings (SSSR count). The summed E-state index contributed by atoms with van der Waals surface area (Å²) in [7, 11) is 0. The number of anilines is 2. The number of benzene rings is 1. The van der Waals surface area contributed by atoms with Crippen LogP contribution < -0.4 is 5.32 Å². The molecular formula is C10H6Cl2IN3. The molecule has 0 aliphatic carbocycles. The molecule has 0 saturated carbocycles. The van der Waals surface area contributed by atoms with Crippen molar-refractivity contribution in [1.29, 1.82) is 0 Å². The summed E-state index contributed by atoms with van der Waals surface area (Å²) in [4.78, 5) is 7.99. The van der Waals surface area contributed by atoms with Crippen LogP contribution in [0.5, 0.6) is 0 Å². The molecule has 2 aromatic rings. The van der Waals surface area contributed by atoms with Gasteiger partial charge in [-0.15, -0.1) is 0 Å². The van der Waals surface area contributed by atoms with Crippen LogP contribution >= 0.6 is 45.8 Å². The van der Waals surface area contributed by atoms with E-state index in [1.165, 1.54) is 6.20 Å². The Labute approximate surface area is 116 Å². The molecule has 1 aromatic heterocycles. The number of aromatic nitrogens is 2. The van der Waals surface area contributed by atoms with Gasteiger partial charge in [-0.25, -0.2) is 4.98 Å². The van der Waals surface area contributed by atoms with Crippen molar-refractivity contribution in [3.05, 3.63) is 44.3 Å². The molecule has 82 valence electrons. The average Bonchev–Trinajstić information content (AvgIpc) is 2.22. The molecule has 0 bridgehead atoms. The molecule has 0 fully saturated rings.